The van der Waals surface area contributed by atoms with Gasteiger partial charge < -0.3 is 4.21 Å². The van der Waals surface area contributed by atoms with Crippen molar-refractivity contribution in [1.82, 2.24) is 0 Å². The maximum absolute atomic E-state index is 15.2. The van der Waals surface area contributed by atoms with Crippen LogP contribution in [0.25, 0.3) is 0 Å². The minimum atomic E-state index is -4.28. The lowest BCUT2D eigenvalue weighted by Gasteiger charge is -2.33. The monoisotopic (exact) mass is 501 g/mol. The average Bonchev–Trinajstić information content (AvgIpc) is 2.82. The molecule has 4 nitrogen and oxygen atoms in total. The maximum Gasteiger partial charge on any atom is 0.301 e. The molecule has 1 aliphatic heterocycles. The van der Waals surface area contributed by atoms with E-state index in [2.05, 4.69) is 13.5 Å². The van der Waals surface area contributed by atoms with Crippen molar-refractivity contribution in [2.24, 2.45) is 13.5 Å². The Morgan fingerprint density at radius 2 is 1.16 bits per heavy atom. The van der Waals surface area contributed by atoms with Crippen molar-refractivity contribution < 1.29 is 26.2 Å². The largest absolute Gasteiger partial charge is 0.355 e. The molecule has 1 heterocycles. The first kappa shape index (κ1) is 22.1. The van der Waals surface area contributed by atoms with E-state index in [4.69, 9.17) is 4.21 Å². The number of hydrogen-bond donors (Lipinski definition) is 0. The van der Waals surface area contributed by atoms with Gasteiger partial charge in [-0.1, -0.05) is 60.7 Å². The Hall–Kier alpha value is -2.08. The molecule has 1 unspecified atom stereocenters. The highest BCUT2D eigenvalue weighted by Gasteiger charge is 2.50. The van der Waals surface area contributed by atoms with Crippen molar-refractivity contribution in [2.45, 2.75) is 0 Å². The third kappa shape index (κ3) is 3.95. The number of hydrogen-bond acceptors (Lipinski definition) is 4. The third-order valence-electron chi connectivity index (χ3n) is 4.51. The van der Waals surface area contributed by atoms with E-state index in [1.165, 1.54) is 0 Å². The normalized spacial score (nSPS) is 16.7. The van der Waals surface area contributed by atoms with Crippen LogP contribution in [0.2, 0.25) is 0 Å². The molecule has 0 bridgehead atoms. The standard InChI is InChI=1S/C18H11F5N3OP3Si/c19-13-14(20)16(22)18(17(23)15(13)21)31(11-7-3-1-4-8-11,12-9-5-2-6-10-12)27-30-25-28-24-29-26-30/h1-10,30H. The van der Waals surface area contributed by atoms with Crippen molar-refractivity contribution in [3.05, 3.63) is 89.7 Å². The van der Waals surface area contributed by atoms with Gasteiger partial charge in [0.15, 0.2) is 48.4 Å². The van der Waals surface area contributed by atoms with Gasteiger partial charge in [-0.15, -0.1) is 0 Å². The quantitative estimate of drug-likeness (QED) is 0.111. The second-order valence-corrected chi connectivity index (χ2v) is 13.3. The van der Waals surface area contributed by atoms with Crippen molar-refractivity contribution in [1.29, 1.82) is 0 Å². The predicted octanol–water partition coefficient (Wildman–Crippen LogP) is 5.70. The van der Waals surface area contributed by atoms with Crippen LogP contribution in [0.3, 0.4) is 0 Å². The lowest BCUT2D eigenvalue weighted by Crippen LogP contribution is -2.70. The van der Waals surface area contributed by atoms with E-state index in [0.29, 0.717) is 27.4 Å². The van der Waals surface area contributed by atoms with Crippen LogP contribution in [0.1, 0.15) is 0 Å². The molecule has 158 valence electrons. The van der Waals surface area contributed by atoms with Gasteiger partial charge in [0, 0.05) is 0 Å². The second kappa shape index (κ2) is 9.19. The van der Waals surface area contributed by atoms with Gasteiger partial charge in [-0.05, 0) is 10.4 Å². The van der Waals surface area contributed by atoms with Crippen LogP contribution in [0.5, 0.6) is 0 Å². The fourth-order valence-corrected chi connectivity index (χ4v) is 12.1. The van der Waals surface area contributed by atoms with E-state index >= 15 is 8.78 Å². The average molecular weight is 501 g/mol. The zero-order valence-electron chi connectivity index (χ0n) is 15.3. The predicted molar refractivity (Wildman–Crippen MR) is 114 cm³/mol. The van der Waals surface area contributed by atoms with Gasteiger partial charge in [-0.3, -0.25) is 0 Å². The Morgan fingerprint density at radius 1 is 0.677 bits per heavy atom. The highest BCUT2D eigenvalue weighted by molar-refractivity contribution is 7.57. The van der Waals surface area contributed by atoms with E-state index in [0.717, 1.165) is 0 Å². The summed E-state index contributed by atoms with van der Waals surface area (Å²) in [7, 11) is -6.01. The molecule has 1 aliphatic rings. The van der Waals surface area contributed by atoms with Gasteiger partial charge >= 0.3 is 8.32 Å². The lowest BCUT2D eigenvalue weighted by atomic mass is 10.3. The molecule has 0 aliphatic carbocycles. The summed E-state index contributed by atoms with van der Waals surface area (Å²) in [6.45, 7) is 0. The summed E-state index contributed by atoms with van der Waals surface area (Å²) in [5.41, 5.74) is 0. The molecule has 0 saturated carbocycles. The number of halogens is 5. The van der Waals surface area contributed by atoms with Crippen LogP contribution < -0.4 is 15.6 Å². The zero-order valence-corrected chi connectivity index (χ0v) is 19.1. The van der Waals surface area contributed by atoms with Crippen molar-refractivity contribution in [3.8, 4) is 0 Å². The van der Waals surface area contributed by atoms with Gasteiger partial charge in [-0.25, -0.2) is 22.0 Å². The smallest absolute Gasteiger partial charge is 0.301 e. The third-order valence-corrected chi connectivity index (χ3v) is 12.6. The molecule has 0 saturated heterocycles. The van der Waals surface area contributed by atoms with E-state index in [-0.39, 0.29) is 0 Å². The van der Waals surface area contributed by atoms with E-state index in [9.17, 15) is 13.2 Å². The van der Waals surface area contributed by atoms with Crippen LogP contribution in [0, 0.1) is 29.1 Å². The maximum atomic E-state index is 15.2. The first-order chi connectivity index (χ1) is 15.0. The van der Waals surface area contributed by atoms with Crippen LogP contribution in [0.15, 0.2) is 74.2 Å². The van der Waals surface area contributed by atoms with Crippen LogP contribution in [-0.2, 0) is 4.21 Å². The molecule has 0 spiro atoms. The zero-order chi connectivity index (χ0) is 22.0. The SMILES string of the molecule is Fc1c(F)c(F)c([Si](O[PH]2=NP=NP=N2)(c2ccccc2)c2ccccc2)c(F)c1F. The summed E-state index contributed by atoms with van der Waals surface area (Å²) in [5, 5.41) is -0.397. The summed E-state index contributed by atoms with van der Waals surface area (Å²) < 4.78 is 91.3. The minimum Gasteiger partial charge on any atom is -0.355 e. The van der Waals surface area contributed by atoms with Crippen LogP contribution >= 0.6 is 25.1 Å². The van der Waals surface area contributed by atoms with E-state index in [1.807, 2.05) is 0 Å². The fourth-order valence-electron chi connectivity index (χ4n) is 3.22. The summed E-state index contributed by atoms with van der Waals surface area (Å²) in [4.78, 5) is 0. The van der Waals surface area contributed by atoms with Crippen molar-refractivity contribution >= 4 is 49.0 Å². The molecule has 0 N–H and O–H groups in total. The lowest BCUT2D eigenvalue weighted by molar-refractivity contribution is 0.382. The first-order valence-electron chi connectivity index (χ1n) is 8.67. The van der Waals surface area contributed by atoms with Gasteiger partial charge in [0.1, 0.15) is 0 Å². The fraction of sp³-hybridized carbons (Fsp3) is 0. The Balaban J connectivity index is 2.15. The van der Waals surface area contributed by atoms with Crippen LogP contribution in [-0.4, -0.2) is 8.32 Å². The summed E-state index contributed by atoms with van der Waals surface area (Å²) in [6.07, 6.45) is 0. The molecule has 0 amide bonds. The Kier molecular flexibility index (Phi) is 6.56. The molecule has 0 fully saturated rings. The molecule has 3 aromatic carbocycles. The summed E-state index contributed by atoms with van der Waals surface area (Å²) >= 11 is 0. The molecule has 4 rings (SSSR count). The Bertz CT molecular complexity index is 1160. The summed E-state index contributed by atoms with van der Waals surface area (Å²) in [6, 6.07) is 15.9. The Labute approximate surface area is 178 Å². The van der Waals surface area contributed by atoms with E-state index < -0.39 is 50.7 Å². The highest BCUT2D eigenvalue weighted by Crippen LogP contribution is 2.44. The molecule has 13 heteroatoms. The van der Waals surface area contributed by atoms with Gasteiger partial charge in [0.05, 0.1) is 5.19 Å². The number of nitrogens with zero attached hydrogens (tertiary/aromatic N) is 3. The van der Waals surface area contributed by atoms with Crippen LogP contribution in [0.4, 0.5) is 22.0 Å². The molecule has 1 atom stereocenters. The minimum absolute atomic E-state index is 0.295. The molecule has 0 aromatic heterocycles. The Morgan fingerprint density at radius 3 is 1.61 bits per heavy atom. The second-order valence-electron chi connectivity index (χ2n) is 6.21. The topological polar surface area (TPSA) is 46.3 Å². The molecule has 31 heavy (non-hydrogen) atoms. The highest BCUT2D eigenvalue weighted by atomic mass is 31.2. The van der Waals surface area contributed by atoms with Gasteiger partial charge in [0.2, 0.25) is 5.82 Å². The van der Waals surface area contributed by atoms with Crippen molar-refractivity contribution in [3.63, 3.8) is 0 Å². The molecule has 0 radical (unpaired) electrons. The number of benzene rings is 3. The first-order valence-corrected chi connectivity index (χ1v) is 13.5. The van der Waals surface area contributed by atoms with Gasteiger partial charge in [-0.2, -0.15) is 13.5 Å². The van der Waals surface area contributed by atoms with Gasteiger partial charge in [0.25, 0.3) is 0 Å². The van der Waals surface area contributed by atoms with Crippen molar-refractivity contribution in [2.75, 3.05) is 0 Å². The summed E-state index contributed by atoms with van der Waals surface area (Å²) in [5.74, 6) is -10.1. The van der Waals surface area contributed by atoms with E-state index in [1.54, 1.807) is 60.7 Å². The molecular weight excluding hydrogens is 490 g/mol. The molecular formula is C18H11F5N3OP3Si. The number of rotatable bonds is 5. The molecule has 3 aromatic rings.